The molecule has 3 aromatic rings. The van der Waals surface area contributed by atoms with Crippen LogP contribution in [-0.4, -0.2) is 25.2 Å². The molecule has 0 saturated carbocycles. The van der Waals surface area contributed by atoms with Gasteiger partial charge < -0.3 is 5.32 Å². The lowest BCUT2D eigenvalue weighted by Crippen LogP contribution is -2.36. The van der Waals surface area contributed by atoms with Crippen LogP contribution in [0.1, 0.15) is 57.2 Å². The first-order valence-electron chi connectivity index (χ1n) is 10.1. The molecular formula is C22H29N5O2. The van der Waals surface area contributed by atoms with Crippen LogP contribution in [0.3, 0.4) is 0 Å². The molecule has 1 amide bonds. The number of hydrogen-bond acceptors (Lipinski definition) is 4. The molecule has 7 nitrogen and oxygen atoms in total. The first-order chi connectivity index (χ1) is 13.8. The maximum atomic E-state index is 12.7. The summed E-state index contributed by atoms with van der Waals surface area (Å²) in [6.07, 6.45) is 3.97. The lowest BCUT2D eigenvalue weighted by Gasteiger charge is -2.24. The summed E-state index contributed by atoms with van der Waals surface area (Å²) in [5, 5.41) is 7.54. The maximum absolute atomic E-state index is 12.7. The van der Waals surface area contributed by atoms with E-state index in [1.54, 1.807) is 11.7 Å². The van der Waals surface area contributed by atoms with Crippen molar-refractivity contribution < 1.29 is 4.79 Å². The van der Waals surface area contributed by atoms with Crippen LogP contribution in [0.4, 0.5) is 0 Å². The van der Waals surface area contributed by atoms with Crippen molar-refractivity contribution in [1.82, 2.24) is 24.6 Å². The van der Waals surface area contributed by atoms with Crippen LogP contribution in [-0.2, 0) is 18.4 Å². The average molecular weight is 396 g/mol. The molecule has 0 aliphatic rings. The van der Waals surface area contributed by atoms with Gasteiger partial charge in [-0.1, -0.05) is 52.0 Å². The van der Waals surface area contributed by atoms with Crippen LogP contribution < -0.4 is 10.9 Å². The van der Waals surface area contributed by atoms with E-state index in [1.807, 2.05) is 0 Å². The zero-order chi connectivity index (χ0) is 21.1. The van der Waals surface area contributed by atoms with E-state index in [9.17, 15) is 9.59 Å². The smallest absolute Gasteiger partial charge is 0.264 e. The number of carbonyl (C=O) groups is 1. The number of fused-ring (bicyclic) bond motifs is 1. The molecule has 1 aromatic carbocycles. The number of carbonyl (C=O) groups excluding carboxylic acids is 1. The van der Waals surface area contributed by atoms with Crippen molar-refractivity contribution in [2.75, 3.05) is 0 Å². The van der Waals surface area contributed by atoms with E-state index in [-0.39, 0.29) is 30.0 Å². The first-order valence-corrected chi connectivity index (χ1v) is 10.1. The molecule has 0 radical (unpaired) electrons. The zero-order valence-corrected chi connectivity index (χ0v) is 17.7. The Balaban J connectivity index is 1.76. The van der Waals surface area contributed by atoms with Crippen molar-refractivity contribution >= 4 is 16.9 Å². The van der Waals surface area contributed by atoms with Crippen molar-refractivity contribution in [1.29, 1.82) is 0 Å². The molecule has 0 aliphatic carbocycles. The minimum Gasteiger partial charge on any atom is -0.347 e. The molecule has 29 heavy (non-hydrogen) atoms. The SMILES string of the molecule is CCC(C)c1ccc(C(NC(=O)Cn2cnc3c(cnn3C)c2=O)C(C)C)cc1. The predicted octanol–water partition coefficient (Wildman–Crippen LogP) is 3.16. The molecule has 2 atom stereocenters. The number of aryl methyl sites for hydroxylation is 1. The minimum absolute atomic E-state index is 0.0785. The van der Waals surface area contributed by atoms with Crippen molar-refractivity contribution in [3.63, 3.8) is 0 Å². The summed E-state index contributed by atoms with van der Waals surface area (Å²) in [7, 11) is 1.73. The van der Waals surface area contributed by atoms with Gasteiger partial charge in [0.05, 0.1) is 12.2 Å². The molecule has 3 rings (SSSR count). The number of aromatic nitrogens is 4. The standard InChI is InChI=1S/C22H29N5O2/c1-6-15(4)16-7-9-17(10-8-16)20(14(2)3)25-19(28)12-27-13-23-21-18(22(27)29)11-24-26(21)5/h7-11,13-15,20H,6,12H2,1-5H3,(H,25,28). The lowest BCUT2D eigenvalue weighted by molar-refractivity contribution is -0.122. The molecule has 0 saturated heterocycles. The summed E-state index contributed by atoms with van der Waals surface area (Å²) in [4.78, 5) is 29.5. The number of benzene rings is 1. The summed E-state index contributed by atoms with van der Waals surface area (Å²) in [5.74, 6) is 0.504. The Bertz CT molecular complexity index is 1050. The molecule has 7 heteroatoms. The number of nitrogens with one attached hydrogen (secondary N) is 1. The molecule has 0 spiro atoms. The fourth-order valence-corrected chi connectivity index (χ4v) is 3.46. The van der Waals surface area contributed by atoms with Gasteiger partial charge in [0, 0.05) is 7.05 Å². The highest BCUT2D eigenvalue weighted by Gasteiger charge is 2.19. The maximum Gasteiger partial charge on any atom is 0.264 e. The van der Waals surface area contributed by atoms with Crippen LogP contribution >= 0.6 is 0 Å². The van der Waals surface area contributed by atoms with Gasteiger partial charge >= 0.3 is 0 Å². The average Bonchev–Trinajstić information content (AvgIpc) is 3.09. The van der Waals surface area contributed by atoms with Crippen LogP contribution in [0.2, 0.25) is 0 Å². The zero-order valence-electron chi connectivity index (χ0n) is 17.7. The Morgan fingerprint density at radius 1 is 1.14 bits per heavy atom. The Labute approximate surface area is 170 Å². The summed E-state index contributed by atoms with van der Waals surface area (Å²) in [5.41, 5.74) is 2.60. The topological polar surface area (TPSA) is 81.8 Å². The molecule has 154 valence electrons. The van der Waals surface area contributed by atoms with E-state index in [1.165, 1.54) is 22.7 Å². The second-order valence-electron chi connectivity index (χ2n) is 7.95. The normalized spacial score (nSPS) is 13.6. The van der Waals surface area contributed by atoms with Crippen molar-refractivity contribution in [2.45, 2.75) is 52.6 Å². The van der Waals surface area contributed by atoms with Gasteiger partial charge in [0.1, 0.15) is 18.3 Å². The molecule has 2 heterocycles. The molecule has 2 aromatic heterocycles. The molecule has 1 N–H and O–H groups in total. The van der Waals surface area contributed by atoms with E-state index >= 15 is 0 Å². The highest BCUT2D eigenvalue weighted by atomic mass is 16.2. The largest absolute Gasteiger partial charge is 0.347 e. The van der Waals surface area contributed by atoms with Gasteiger partial charge in [-0.2, -0.15) is 5.10 Å². The van der Waals surface area contributed by atoms with Gasteiger partial charge in [0.2, 0.25) is 5.91 Å². The third kappa shape index (κ3) is 4.39. The van der Waals surface area contributed by atoms with Gasteiger partial charge in [-0.15, -0.1) is 0 Å². The highest BCUT2D eigenvalue weighted by Crippen LogP contribution is 2.25. The second-order valence-corrected chi connectivity index (χ2v) is 7.95. The van der Waals surface area contributed by atoms with Crippen LogP contribution in [0.25, 0.3) is 11.0 Å². The molecule has 2 unspecified atom stereocenters. The minimum atomic E-state index is -0.266. The molecule has 0 bridgehead atoms. The van der Waals surface area contributed by atoms with Crippen molar-refractivity contribution in [2.24, 2.45) is 13.0 Å². The van der Waals surface area contributed by atoms with E-state index in [0.29, 0.717) is 17.0 Å². The fraction of sp³-hybridized carbons (Fsp3) is 0.455. The van der Waals surface area contributed by atoms with E-state index in [0.717, 1.165) is 12.0 Å². The molecular weight excluding hydrogens is 366 g/mol. The molecule has 0 fully saturated rings. The van der Waals surface area contributed by atoms with Crippen LogP contribution in [0.5, 0.6) is 0 Å². The fourth-order valence-electron chi connectivity index (χ4n) is 3.46. The third-order valence-corrected chi connectivity index (χ3v) is 5.49. The Morgan fingerprint density at radius 3 is 2.41 bits per heavy atom. The Hall–Kier alpha value is -2.96. The van der Waals surface area contributed by atoms with Gasteiger partial charge in [-0.3, -0.25) is 18.8 Å². The summed E-state index contributed by atoms with van der Waals surface area (Å²) < 4.78 is 2.86. The number of amides is 1. The molecule has 0 aliphatic heterocycles. The van der Waals surface area contributed by atoms with Crippen LogP contribution in [0.15, 0.2) is 41.6 Å². The van der Waals surface area contributed by atoms with Gasteiger partial charge in [0.15, 0.2) is 5.65 Å². The van der Waals surface area contributed by atoms with Crippen LogP contribution in [0, 0.1) is 5.92 Å². The van der Waals surface area contributed by atoms with E-state index in [4.69, 9.17) is 0 Å². The van der Waals surface area contributed by atoms with Crippen molar-refractivity contribution in [3.05, 3.63) is 58.3 Å². The van der Waals surface area contributed by atoms with Crippen molar-refractivity contribution in [3.8, 4) is 0 Å². The van der Waals surface area contributed by atoms with E-state index in [2.05, 4.69) is 67.4 Å². The lowest BCUT2D eigenvalue weighted by atomic mass is 9.92. The van der Waals surface area contributed by atoms with E-state index < -0.39 is 0 Å². The monoisotopic (exact) mass is 395 g/mol. The van der Waals surface area contributed by atoms with Gasteiger partial charge in [-0.05, 0) is 29.4 Å². The van der Waals surface area contributed by atoms with Gasteiger partial charge in [-0.25, -0.2) is 4.98 Å². The number of rotatable bonds is 7. The highest BCUT2D eigenvalue weighted by molar-refractivity contribution is 5.77. The van der Waals surface area contributed by atoms with Gasteiger partial charge in [0.25, 0.3) is 5.56 Å². The summed E-state index contributed by atoms with van der Waals surface area (Å²) in [6.45, 7) is 8.45. The quantitative estimate of drug-likeness (QED) is 0.666. The Kier molecular flexibility index (Phi) is 6.15. The third-order valence-electron chi connectivity index (χ3n) is 5.49. The first kappa shape index (κ1) is 20.8. The summed E-state index contributed by atoms with van der Waals surface area (Å²) >= 11 is 0. The Morgan fingerprint density at radius 2 is 1.79 bits per heavy atom. The second kappa shape index (κ2) is 8.59. The summed E-state index contributed by atoms with van der Waals surface area (Å²) in [6, 6.07) is 8.31. The predicted molar refractivity (Wildman–Crippen MR) is 114 cm³/mol. The number of hydrogen-bond donors (Lipinski definition) is 1. The number of nitrogens with zero attached hydrogens (tertiary/aromatic N) is 4.